The van der Waals surface area contributed by atoms with Gasteiger partial charge in [0.15, 0.2) is 5.82 Å². The van der Waals surface area contributed by atoms with Gasteiger partial charge in [0.05, 0.1) is 12.4 Å². The van der Waals surface area contributed by atoms with E-state index in [9.17, 15) is 8.42 Å². The van der Waals surface area contributed by atoms with Gasteiger partial charge < -0.3 is 0 Å². The lowest BCUT2D eigenvalue weighted by molar-refractivity contribution is 0.593. The zero-order chi connectivity index (χ0) is 17.2. The zero-order valence-electron chi connectivity index (χ0n) is 13.3. The van der Waals surface area contributed by atoms with Crippen LogP contribution in [0, 0.1) is 6.92 Å². The number of nitrogens with zero attached hydrogens (tertiary/aromatic N) is 4. The van der Waals surface area contributed by atoms with E-state index in [4.69, 9.17) is 0 Å². The molecule has 0 aliphatic carbocycles. The summed E-state index contributed by atoms with van der Waals surface area (Å²) < 4.78 is 26.5. The molecule has 3 aromatic rings. The van der Waals surface area contributed by atoms with Gasteiger partial charge in [0, 0.05) is 18.3 Å². The normalized spacial score (nSPS) is 11.2. The number of hydrogen-bond acceptors (Lipinski definition) is 5. The third-order valence-electron chi connectivity index (χ3n) is 3.51. The summed E-state index contributed by atoms with van der Waals surface area (Å²) in [6.07, 6.45) is 2.63. The average molecular weight is 340 g/mol. The molecule has 1 aromatic carbocycles. The number of sulfonamides is 1. The minimum Gasteiger partial charge on any atom is -0.253 e. The van der Waals surface area contributed by atoms with Gasteiger partial charge >= 0.3 is 0 Å². The van der Waals surface area contributed by atoms with Crippen LogP contribution in [0.1, 0.15) is 5.69 Å². The van der Waals surface area contributed by atoms with Gasteiger partial charge in [-0.15, -0.1) is 0 Å². The SMILES string of the molecule is Cc1cccc(N(C)S(=O)(=O)c2cnc(-c3ccccc3)nc2)n1. The Hall–Kier alpha value is -2.80. The fourth-order valence-electron chi connectivity index (χ4n) is 2.17. The van der Waals surface area contributed by atoms with Crippen LogP contribution in [0.15, 0.2) is 65.8 Å². The maximum atomic E-state index is 12.7. The second kappa shape index (κ2) is 6.37. The molecule has 2 aromatic heterocycles. The Kier molecular flexibility index (Phi) is 4.26. The van der Waals surface area contributed by atoms with Gasteiger partial charge in [0.2, 0.25) is 0 Å². The van der Waals surface area contributed by atoms with Gasteiger partial charge in [-0.3, -0.25) is 4.31 Å². The highest BCUT2D eigenvalue weighted by molar-refractivity contribution is 7.92. The molecule has 3 rings (SSSR count). The Bertz CT molecular complexity index is 942. The smallest absolute Gasteiger partial charge is 0.253 e. The second-order valence-corrected chi connectivity index (χ2v) is 7.19. The molecular formula is C17H16N4O2S. The summed E-state index contributed by atoms with van der Waals surface area (Å²) in [6, 6.07) is 14.6. The molecular weight excluding hydrogens is 324 g/mol. The summed E-state index contributed by atoms with van der Waals surface area (Å²) in [7, 11) is -2.30. The molecule has 0 unspecified atom stereocenters. The first-order chi connectivity index (χ1) is 11.5. The van der Waals surface area contributed by atoms with Gasteiger partial charge in [-0.1, -0.05) is 36.4 Å². The number of pyridine rings is 1. The topological polar surface area (TPSA) is 76.1 Å². The van der Waals surface area contributed by atoms with E-state index in [1.54, 1.807) is 12.1 Å². The van der Waals surface area contributed by atoms with E-state index in [1.807, 2.05) is 43.3 Å². The molecule has 0 N–H and O–H groups in total. The van der Waals surface area contributed by atoms with Crippen LogP contribution in [0.3, 0.4) is 0 Å². The van der Waals surface area contributed by atoms with Crippen molar-refractivity contribution >= 4 is 15.8 Å². The molecule has 0 amide bonds. The molecule has 0 spiro atoms. The molecule has 6 nitrogen and oxygen atoms in total. The predicted octanol–water partition coefficient (Wildman–Crippen LogP) is 2.67. The molecule has 0 atom stereocenters. The molecule has 0 aliphatic rings. The van der Waals surface area contributed by atoms with E-state index in [1.165, 1.54) is 19.4 Å². The molecule has 122 valence electrons. The minimum atomic E-state index is -3.76. The number of anilines is 1. The van der Waals surface area contributed by atoms with E-state index >= 15 is 0 Å². The highest BCUT2D eigenvalue weighted by Crippen LogP contribution is 2.21. The van der Waals surface area contributed by atoms with Crippen molar-refractivity contribution in [2.45, 2.75) is 11.8 Å². The van der Waals surface area contributed by atoms with Crippen LogP contribution in [0.25, 0.3) is 11.4 Å². The summed E-state index contributed by atoms with van der Waals surface area (Å²) in [5.41, 5.74) is 1.57. The van der Waals surface area contributed by atoms with E-state index < -0.39 is 10.0 Å². The third kappa shape index (κ3) is 3.11. The molecule has 0 fully saturated rings. The number of aryl methyl sites for hydroxylation is 1. The number of benzene rings is 1. The summed E-state index contributed by atoms with van der Waals surface area (Å²) in [5.74, 6) is 0.827. The molecule has 24 heavy (non-hydrogen) atoms. The molecule has 7 heteroatoms. The number of aromatic nitrogens is 3. The second-order valence-electron chi connectivity index (χ2n) is 5.22. The molecule has 0 saturated heterocycles. The van der Waals surface area contributed by atoms with Crippen molar-refractivity contribution in [2.75, 3.05) is 11.4 Å². The van der Waals surface area contributed by atoms with Gasteiger partial charge in [-0.05, 0) is 19.1 Å². The highest BCUT2D eigenvalue weighted by atomic mass is 32.2. The van der Waals surface area contributed by atoms with Gasteiger partial charge in [0.1, 0.15) is 10.7 Å². The Morgan fingerprint density at radius 3 is 2.21 bits per heavy atom. The number of rotatable bonds is 4. The fraction of sp³-hybridized carbons (Fsp3) is 0.118. The van der Waals surface area contributed by atoms with E-state index in [0.29, 0.717) is 11.6 Å². The first-order valence-corrected chi connectivity index (χ1v) is 8.72. The van der Waals surface area contributed by atoms with Crippen molar-refractivity contribution in [3.05, 3.63) is 66.6 Å². The van der Waals surface area contributed by atoms with Crippen molar-refractivity contribution in [3.8, 4) is 11.4 Å². The maximum absolute atomic E-state index is 12.7. The van der Waals surface area contributed by atoms with E-state index in [-0.39, 0.29) is 4.90 Å². The van der Waals surface area contributed by atoms with E-state index in [2.05, 4.69) is 15.0 Å². The Morgan fingerprint density at radius 2 is 1.58 bits per heavy atom. The van der Waals surface area contributed by atoms with Crippen molar-refractivity contribution in [3.63, 3.8) is 0 Å². The molecule has 0 aliphatic heterocycles. The lowest BCUT2D eigenvalue weighted by atomic mass is 10.2. The molecule has 0 bridgehead atoms. The Morgan fingerprint density at radius 1 is 0.917 bits per heavy atom. The first-order valence-electron chi connectivity index (χ1n) is 7.28. The fourth-order valence-corrected chi connectivity index (χ4v) is 3.21. The number of hydrogen-bond donors (Lipinski definition) is 0. The van der Waals surface area contributed by atoms with Gasteiger partial charge in [-0.25, -0.2) is 23.4 Å². The Balaban J connectivity index is 1.93. The van der Waals surface area contributed by atoms with Crippen molar-refractivity contribution in [2.24, 2.45) is 0 Å². The summed E-state index contributed by atoms with van der Waals surface area (Å²) in [4.78, 5) is 12.6. The van der Waals surface area contributed by atoms with Crippen LogP contribution in [0.5, 0.6) is 0 Å². The predicted molar refractivity (Wildman–Crippen MR) is 92.0 cm³/mol. The lowest BCUT2D eigenvalue weighted by Gasteiger charge is -2.18. The maximum Gasteiger partial charge on any atom is 0.268 e. The van der Waals surface area contributed by atoms with Crippen LogP contribution in [-0.4, -0.2) is 30.4 Å². The van der Waals surface area contributed by atoms with Crippen molar-refractivity contribution in [1.29, 1.82) is 0 Å². The molecule has 0 radical (unpaired) electrons. The monoisotopic (exact) mass is 340 g/mol. The molecule has 2 heterocycles. The highest BCUT2D eigenvalue weighted by Gasteiger charge is 2.23. The summed E-state index contributed by atoms with van der Waals surface area (Å²) >= 11 is 0. The van der Waals surface area contributed by atoms with Gasteiger partial charge in [-0.2, -0.15) is 0 Å². The minimum absolute atomic E-state index is 0.0213. The summed E-state index contributed by atoms with van der Waals surface area (Å²) in [5, 5.41) is 0. The summed E-state index contributed by atoms with van der Waals surface area (Å²) in [6.45, 7) is 1.81. The van der Waals surface area contributed by atoms with Crippen LogP contribution in [0.4, 0.5) is 5.82 Å². The van der Waals surface area contributed by atoms with Crippen molar-refractivity contribution < 1.29 is 8.42 Å². The Labute approximate surface area is 140 Å². The third-order valence-corrected chi connectivity index (χ3v) is 5.23. The van der Waals surface area contributed by atoms with E-state index in [0.717, 1.165) is 15.6 Å². The van der Waals surface area contributed by atoms with Crippen LogP contribution in [0.2, 0.25) is 0 Å². The first kappa shape index (κ1) is 16.1. The van der Waals surface area contributed by atoms with Crippen LogP contribution < -0.4 is 4.31 Å². The lowest BCUT2D eigenvalue weighted by Crippen LogP contribution is -2.27. The largest absolute Gasteiger partial charge is 0.268 e. The molecule has 0 saturated carbocycles. The zero-order valence-corrected chi connectivity index (χ0v) is 14.1. The quantitative estimate of drug-likeness (QED) is 0.730. The van der Waals surface area contributed by atoms with Crippen LogP contribution >= 0.6 is 0 Å². The van der Waals surface area contributed by atoms with Crippen molar-refractivity contribution in [1.82, 2.24) is 15.0 Å². The van der Waals surface area contributed by atoms with Crippen LogP contribution in [-0.2, 0) is 10.0 Å². The average Bonchev–Trinajstić information content (AvgIpc) is 2.62. The standard InChI is InChI=1S/C17H16N4O2S/c1-13-7-6-10-16(20-13)21(2)24(22,23)15-11-18-17(19-12-15)14-8-4-3-5-9-14/h3-12H,1-2H3. The van der Waals surface area contributed by atoms with Gasteiger partial charge in [0.25, 0.3) is 10.0 Å².